The Morgan fingerprint density at radius 3 is 2.56 bits per heavy atom. The highest BCUT2D eigenvalue weighted by Crippen LogP contribution is 2.22. The molecular formula is C13H19NO3S. The van der Waals surface area contributed by atoms with Crippen LogP contribution in [0.15, 0.2) is 29.2 Å². The Bertz CT molecular complexity index is 495. The maximum Gasteiger partial charge on any atom is 0.245 e. The zero-order valence-electron chi connectivity index (χ0n) is 10.8. The first-order chi connectivity index (χ1) is 8.55. The van der Waals surface area contributed by atoms with Crippen LogP contribution in [0.4, 0.5) is 0 Å². The topological polar surface area (TPSA) is 46.6 Å². The molecule has 1 aromatic carbocycles. The van der Waals surface area contributed by atoms with Crippen LogP contribution in [0.2, 0.25) is 0 Å². The molecule has 0 N–H and O–H groups in total. The number of rotatable bonds is 3. The SMILES string of the molecule is CCc1ccc(S(=O)(=O)N2CCCOC2C)cc1. The van der Waals surface area contributed by atoms with Gasteiger partial charge < -0.3 is 4.74 Å². The lowest BCUT2D eigenvalue weighted by Crippen LogP contribution is -2.44. The van der Waals surface area contributed by atoms with E-state index in [2.05, 4.69) is 0 Å². The maximum absolute atomic E-state index is 12.4. The molecule has 0 bridgehead atoms. The molecule has 1 fully saturated rings. The summed E-state index contributed by atoms with van der Waals surface area (Å²) in [5.74, 6) is 0. The summed E-state index contributed by atoms with van der Waals surface area (Å²) in [7, 11) is -3.43. The molecule has 1 saturated heterocycles. The molecule has 1 unspecified atom stereocenters. The van der Waals surface area contributed by atoms with Gasteiger partial charge in [-0.1, -0.05) is 19.1 Å². The van der Waals surface area contributed by atoms with E-state index in [1.165, 1.54) is 4.31 Å². The lowest BCUT2D eigenvalue weighted by molar-refractivity contribution is -0.0410. The number of ether oxygens (including phenoxy) is 1. The van der Waals surface area contributed by atoms with E-state index in [0.29, 0.717) is 18.0 Å². The van der Waals surface area contributed by atoms with Crippen LogP contribution in [0.25, 0.3) is 0 Å². The van der Waals surface area contributed by atoms with Gasteiger partial charge in [-0.3, -0.25) is 0 Å². The third-order valence-electron chi connectivity index (χ3n) is 3.23. The third-order valence-corrected chi connectivity index (χ3v) is 5.19. The molecule has 0 spiro atoms. The Morgan fingerprint density at radius 1 is 1.33 bits per heavy atom. The molecule has 2 rings (SSSR count). The van der Waals surface area contributed by atoms with Crippen molar-refractivity contribution >= 4 is 10.0 Å². The van der Waals surface area contributed by atoms with Crippen molar-refractivity contribution in [1.82, 2.24) is 4.31 Å². The van der Waals surface area contributed by atoms with Gasteiger partial charge in [-0.15, -0.1) is 0 Å². The number of sulfonamides is 1. The van der Waals surface area contributed by atoms with Crippen molar-refractivity contribution in [1.29, 1.82) is 0 Å². The number of hydrogen-bond acceptors (Lipinski definition) is 3. The Labute approximate surface area is 109 Å². The van der Waals surface area contributed by atoms with Crippen molar-refractivity contribution in [2.45, 2.75) is 37.8 Å². The molecule has 5 heteroatoms. The molecule has 0 aliphatic carbocycles. The predicted molar refractivity (Wildman–Crippen MR) is 69.7 cm³/mol. The van der Waals surface area contributed by atoms with Crippen molar-refractivity contribution in [2.75, 3.05) is 13.2 Å². The second-order valence-electron chi connectivity index (χ2n) is 4.44. The number of benzene rings is 1. The predicted octanol–water partition coefficient (Wildman–Crippen LogP) is 2.01. The maximum atomic E-state index is 12.4. The highest BCUT2D eigenvalue weighted by Gasteiger charge is 2.31. The first-order valence-corrected chi connectivity index (χ1v) is 7.72. The van der Waals surface area contributed by atoms with Gasteiger partial charge in [-0.2, -0.15) is 4.31 Å². The van der Waals surface area contributed by atoms with Gasteiger partial charge >= 0.3 is 0 Å². The van der Waals surface area contributed by atoms with E-state index in [4.69, 9.17) is 4.74 Å². The second-order valence-corrected chi connectivity index (χ2v) is 6.33. The highest BCUT2D eigenvalue weighted by molar-refractivity contribution is 7.89. The van der Waals surface area contributed by atoms with Crippen LogP contribution in [0.5, 0.6) is 0 Å². The minimum atomic E-state index is -3.43. The molecule has 0 aromatic heterocycles. The molecule has 0 amide bonds. The van der Waals surface area contributed by atoms with Crippen LogP contribution in [0, 0.1) is 0 Å². The van der Waals surface area contributed by atoms with Gasteiger partial charge in [-0.25, -0.2) is 8.42 Å². The molecule has 1 aliphatic heterocycles. The highest BCUT2D eigenvalue weighted by atomic mass is 32.2. The van der Waals surface area contributed by atoms with Gasteiger partial charge in [0.1, 0.15) is 6.23 Å². The number of nitrogens with zero attached hydrogens (tertiary/aromatic N) is 1. The molecule has 1 atom stereocenters. The van der Waals surface area contributed by atoms with Crippen molar-refractivity contribution in [3.8, 4) is 0 Å². The summed E-state index contributed by atoms with van der Waals surface area (Å²) in [5, 5.41) is 0. The fourth-order valence-corrected chi connectivity index (χ4v) is 3.66. The monoisotopic (exact) mass is 269 g/mol. The average Bonchev–Trinajstić information content (AvgIpc) is 2.39. The van der Waals surface area contributed by atoms with Gasteiger partial charge in [-0.05, 0) is 37.5 Å². The van der Waals surface area contributed by atoms with Gasteiger partial charge in [0.2, 0.25) is 10.0 Å². The first kappa shape index (κ1) is 13.5. The van der Waals surface area contributed by atoms with Crippen LogP contribution >= 0.6 is 0 Å². The zero-order valence-corrected chi connectivity index (χ0v) is 11.6. The standard InChI is InChI=1S/C13H19NO3S/c1-3-12-5-7-13(8-6-12)18(15,16)14-9-4-10-17-11(14)2/h5-8,11H,3-4,9-10H2,1-2H3. The summed E-state index contributed by atoms with van der Waals surface area (Å²) < 4.78 is 31.7. The summed E-state index contributed by atoms with van der Waals surface area (Å²) >= 11 is 0. The smallest absolute Gasteiger partial charge is 0.245 e. The Kier molecular flexibility index (Phi) is 4.04. The Balaban J connectivity index is 2.28. The lowest BCUT2D eigenvalue weighted by atomic mass is 10.2. The third kappa shape index (κ3) is 2.58. The van der Waals surface area contributed by atoms with E-state index in [1.54, 1.807) is 19.1 Å². The van der Waals surface area contributed by atoms with E-state index >= 15 is 0 Å². The van der Waals surface area contributed by atoms with Gasteiger partial charge in [0.05, 0.1) is 4.90 Å². The molecule has 18 heavy (non-hydrogen) atoms. The summed E-state index contributed by atoms with van der Waals surface area (Å²) in [6.07, 6.45) is 1.27. The average molecular weight is 269 g/mol. The largest absolute Gasteiger partial charge is 0.362 e. The molecule has 4 nitrogen and oxygen atoms in total. The van der Waals surface area contributed by atoms with Crippen LogP contribution in [-0.2, 0) is 21.2 Å². The summed E-state index contributed by atoms with van der Waals surface area (Å²) in [4.78, 5) is 0.344. The van der Waals surface area contributed by atoms with E-state index in [-0.39, 0.29) is 6.23 Å². The minimum Gasteiger partial charge on any atom is -0.362 e. The van der Waals surface area contributed by atoms with Gasteiger partial charge in [0.25, 0.3) is 0 Å². The van der Waals surface area contributed by atoms with E-state index < -0.39 is 10.0 Å². The van der Waals surface area contributed by atoms with Crippen LogP contribution in [-0.4, -0.2) is 32.1 Å². The summed E-state index contributed by atoms with van der Waals surface area (Å²) in [6.45, 7) is 4.97. The van der Waals surface area contributed by atoms with Crippen LogP contribution in [0.1, 0.15) is 25.8 Å². The van der Waals surface area contributed by atoms with E-state index in [9.17, 15) is 8.42 Å². The van der Waals surface area contributed by atoms with E-state index in [1.807, 2.05) is 19.1 Å². The van der Waals surface area contributed by atoms with Crippen molar-refractivity contribution in [3.05, 3.63) is 29.8 Å². The molecule has 0 radical (unpaired) electrons. The Morgan fingerprint density at radius 2 is 2.00 bits per heavy atom. The molecule has 1 heterocycles. The fraction of sp³-hybridized carbons (Fsp3) is 0.538. The molecule has 100 valence electrons. The van der Waals surface area contributed by atoms with Crippen molar-refractivity contribution in [3.63, 3.8) is 0 Å². The lowest BCUT2D eigenvalue weighted by Gasteiger charge is -2.32. The first-order valence-electron chi connectivity index (χ1n) is 6.28. The molecule has 1 aromatic rings. The van der Waals surface area contributed by atoms with Gasteiger partial charge in [0, 0.05) is 13.2 Å². The number of hydrogen-bond donors (Lipinski definition) is 0. The minimum absolute atomic E-state index is 0.344. The fourth-order valence-electron chi connectivity index (χ4n) is 2.09. The van der Waals surface area contributed by atoms with Crippen LogP contribution in [0.3, 0.4) is 0 Å². The van der Waals surface area contributed by atoms with Crippen LogP contribution < -0.4 is 0 Å². The zero-order chi connectivity index (χ0) is 13.2. The Hall–Kier alpha value is -0.910. The van der Waals surface area contributed by atoms with Gasteiger partial charge in [0.15, 0.2) is 0 Å². The summed E-state index contributed by atoms with van der Waals surface area (Å²) in [6, 6.07) is 7.08. The van der Waals surface area contributed by atoms with E-state index in [0.717, 1.165) is 18.4 Å². The second kappa shape index (κ2) is 5.38. The van der Waals surface area contributed by atoms with Crippen molar-refractivity contribution < 1.29 is 13.2 Å². The van der Waals surface area contributed by atoms with Crippen molar-refractivity contribution in [2.24, 2.45) is 0 Å². The molecule has 1 aliphatic rings. The molecule has 0 saturated carbocycles. The normalized spacial score (nSPS) is 22.0. The number of aryl methyl sites for hydroxylation is 1. The molecular weight excluding hydrogens is 250 g/mol. The quantitative estimate of drug-likeness (QED) is 0.843. The summed E-state index contributed by atoms with van der Waals surface area (Å²) in [5.41, 5.74) is 1.14.